The van der Waals surface area contributed by atoms with E-state index in [-0.39, 0.29) is 18.2 Å². The molecule has 1 aliphatic heterocycles. The molecule has 33 heavy (non-hydrogen) atoms. The van der Waals surface area contributed by atoms with E-state index in [0.29, 0.717) is 19.4 Å². The van der Waals surface area contributed by atoms with Crippen molar-refractivity contribution in [3.8, 4) is 0 Å². The van der Waals surface area contributed by atoms with E-state index in [1.807, 2.05) is 31.2 Å². The number of aryl methyl sites for hydroxylation is 1. The van der Waals surface area contributed by atoms with Gasteiger partial charge in [-0.2, -0.15) is 0 Å². The molecule has 0 aliphatic carbocycles. The van der Waals surface area contributed by atoms with Gasteiger partial charge in [0.25, 0.3) is 0 Å². The number of aromatic nitrogens is 1. The Hall–Kier alpha value is -3.09. The first-order chi connectivity index (χ1) is 15.8. The van der Waals surface area contributed by atoms with Gasteiger partial charge < -0.3 is 21.3 Å². The number of anilines is 3. The molecule has 0 saturated carbocycles. The molecule has 1 aromatic carbocycles. The molecule has 0 atom stereocenters. The maximum Gasteiger partial charge on any atom is 0.220 e. The molecule has 1 aromatic heterocycles. The molecule has 2 aromatic rings. The normalized spacial score (nSPS) is 14.4. The van der Waals surface area contributed by atoms with Crippen molar-refractivity contribution >= 4 is 29.0 Å². The van der Waals surface area contributed by atoms with Gasteiger partial charge in [0.1, 0.15) is 5.82 Å². The molecule has 0 unspecified atom stereocenters. The minimum atomic E-state index is -0.378. The van der Waals surface area contributed by atoms with Crippen molar-refractivity contribution in [3.63, 3.8) is 0 Å². The summed E-state index contributed by atoms with van der Waals surface area (Å²) in [5.41, 5.74) is 9.05. The molecule has 178 valence electrons. The summed E-state index contributed by atoms with van der Waals surface area (Å²) < 4.78 is 0. The Bertz CT molecular complexity index is 934. The molecule has 4 N–H and O–H groups in total. The number of pyridine rings is 1. The van der Waals surface area contributed by atoms with E-state index >= 15 is 0 Å². The van der Waals surface area contributed by atoms with E-state index in [1.54, 1.807) is 0 Å². The van der Waals surface area contributed by atoms with Gasteiger partial charge >= 0.3 is 0 Å². The van der Waals surface area contributed by atoms with Crippen molar-refractivity contribution in [2.75, 3.05) is 23.3 Å². The zero-order chi connectivity index (χ0) is 23.8. The van der Waals surface area contributed by atoms with Crippen LogP contribution in [-0.4, -0.2) is 29.9 Å². The van der Waals surface area contributed by atoms with E-state index < -0.39 is 0 Å². The Labute approximate surface area is 197 Å². The highest BCUT2D eigenvalue weighted by atomic mass is 16.2. The Morgan fingerprint density at radius 1 is 1.09 bits per heavy atom. The first-order valence-corrected chi connectivity index (χ1v) is 12.0. The molecule has 1 fully saturated rings. The maximum atomic E-state index is 11.8. The molecule has 2 amide bonds. The van der Waals surface area contributed by atoms with Crippen LogP contribution in [-0.2, 0) is 16.1 Å². The second-order valence-electron chi connectivity index (χ2n) is 9.29. The van der Waals surface area contributed by atoms with Crippen LogP contribution in [0.15, 0.2) is 36.4 Å². The van der Waals surface area contributed by atoms with Crippen LogP contribution in [0.1, 0.15) is 57.2 Å². The fourth-order valence-corrected chi connectivity index (χ4v) is 4.22. The number of primary amides is 1. The zero-order valence-electron chi connectivity index (χ0n) is 20.1. The summed E-state index contributed by atoms with van der Waals surface area (Å²) in [6, 6.07) is 12.2. The van der Waals surface area contributed by atoms with Gasteiger partial charge in [0.15, 0.2) is 0 Å². The van der Waals surface area contributed by atoms with Crippen LogP contribution in [0.4, 0.5) is 17.2 Å². The van der Waals surface area contributed by atoms with Crippen molar-refractivity contribution < 1.29 is 9.59 Å². The summed E-state index contributed by atoms with van der Waals surface area (Å²) in [5.74, 6) is 2.18. The number of amides is 2. The number of nitrogens with two attached hydrogens (primary N) is 1. The summed E-state index contributed by atoms with van der Waals surface area (Å²) in [6.45, 7) is 9.28. The molecule has 0 spiro atoms. The van der Waals surface area contributed by atoms with Crippen LogP contribution < -0.4 is 21.3 Å². The maximum absolute atomic E-state index is 11.8. The number of piperidine rings is 1. The number of carbonyl (C=O) groups is 2. The largest absolute Gasteiger partial charge is 0.370 e. The molecule has 3 rings (SSSR count). The van der Waals surface area contributed by atoms with E-state index in [9.17, 15) is 9.59 Å². The fourth-order valence-electron chi connectivity index (χ4n) is 4.22. The van der Waals surface area contributed by atoms with Gasteiger partial charge in [-0.25, -0.2) is 4.98 Å². The number of hydrogen-bond acceptors (Lipinski definition) is 5. The minimum absolute atomic E-state index is 0.0753. The van der Waals surface area contributed by atoms with Crippen LogP contribution in [0, 0.1) is 18.8 Å². The van der Waals surface area contributed by atoms with Gasteiger partial charge in [-0.15, -0.1) is 0 Å². The molecule has 7 heteroatoms. The predicted octanol–water partition coefficient (Wildman–Crippen LogP) is 4.28. The lowest BCUT2D eigenvalue weighted by atomic mass is 9.87. The third-order valence-corrected chi connectivity index (χ3v) is 6.43. The highest BCUT2D eigenvalue weighted by Crippen LogP contribution is 2.29. The highest BCUT2D eigenvalue weighted by Gasteiger charge is 2.22. The lowest BCUT2D eigenvalue weighted by Crippen LogP contribution is -2.35. The molecule has 1 aliphatic rings. The molecular weight excluding hydrogens is 414 g/mol. The quantitative estimate of drug-likeness (QED) is 0.501. The van der Waals surface area contributed by atoms with E-state index in [1.165, 1.54) is 12.8 Å². The third-order valence-electron chi connectivity index (χ3n) is 6.43. The number of hydrogen-bond donors (Lipinski definition) is 3. The number of carbonyl (C=O) groups excluding carboxylic acids is 2. The molecule has 1 saturated heterocycles. The highest BCUT2D eigenvalue weighted by molar-refractivity contribution is 5.78. The number of nitrogens with zero attached hydrogens (tertiary/aromatic N) is 2. The third kappa shape index (κ3) is 7.48. The van der Waals surface area contributed by atoms with E-state index in [2.05, 4.69) is 41.5 Å². The van der Waals surface area contributed by atoms with E-state index in [0.717, 1.165) is 53.4 Å². The van der Waals surface area contributed by atoms with Gasteiger partial charge in [-0.3, -0.25) is 9.59 Å². The standard InChI is InChI=1S/C26H37N5O2/c1-18(2)21-13-15-31(16-14-21)25-12-11-23(19(3)29-25)30-22-9-7-20(8-10-22)17-28-26(33)6-4-5-24(27)32/h7-12,18,21,30H,4-6,13-17H2,1-3H3,(H2,27,32)(H,28,33). The fraction of sp³-hybridized carbons (Fsp3) is 0.500. The van der Waals surface area contributed by atoms with Crippen LogP contribution in [0.2, 0.25) is 0 Å². The minimum Gasteiger partial charge on any atom is -0.370 e. The number of rotatable bonds is 10. The number of benzene rings is 1. The average molecular weight is 452 g/mol. The van der Waals surface area contributed by atoms with E-state index in [4.69, 9.17) is 10.7 Å². The first kappa shape index (κ1) is 24.6. The van der Waals surface area contributed by atoms with Gasteiger partial charge in [-0.1, -0.05) is 26.0 Å². The SMILES string of the molecule is Cc1nc(N2CCC(C(C)C)CC2)ccc1Nc1ccc(CNC(=O)CCCC(N)=O)cc1. The van der Waals surface area contributed by atoms with Gasteiger partial charge in [0, 0.05) is 38.2 Å². The van der Waals surface area contributed by atoms with Crippen molar-refractivity contribution in [3.05, 3.63) is 47.7 Å². The van der Waals surface area contributed by atoms with Crippen LogP contribution in [0.3, 0.4) is 0 Å². The molecular formula is C26H37N5O2. The smallest absolute Gasteiger partial charge is 0.220 e. The van der Waals surface area contributed by atoms with Crippen LogP contribution >= 0.6 is 0 Å². The Kier molecular flexibility index (Phi) is 8.69. The predicted molar refractivity (Wildman–Crippen MR) is 133 cm³/mol. The van der Waals surface area contributed by atoms with Crippen LogP contribution in [0.25, 0.3) is 0 Å². The second-order valence-corrected chi connectivity index (χ2v) is 9.29. The summed E-state index contributed by atoms with van der Waals surface area (Å²) in [5, 5.41) is 6.31. The second kappa shape index (κ2) is 11.7. The first-order valence-electron chi connectivity index (χ1n) is 12.0. The van der Waals surface area contributed by atoms with Crippen molar-refractivity contribution in [1.82, 2.24) is 10.3 Å². The summed E-state index contributed by atoms with van der Waals surface area (Å²) in [6.07, 6.45) is 3.49. The monoisotopic (exact) mass is 451 g/mol. The summed E-state index contributed by atoms with van der Waals surface area (Å²) in [4.78, 5) is 29.8. The van der Waals surface area contributed by atoms with Crippen LogP contribution in [0.5, 0.6) is 0 Å². The van der Waals surface area contributed by atoms with Gasteiger partial charge in [0.2, 0.25) is 11.8 Å². The Balaban J connectivity index is 1.49. The zero-order valence-corrected chi connectivity index (χ0v) is 20.1. The molecule has 7 nitrogen and oxygen atoms in total. The molecule has 0 bridgehead atoms. The topological polar surface area (TPSA) is 100 Å². The summed E-state index contributed by atoms with van der Waals surface area (Å²) in [7, 11) is 0. The lowest BCUT2D eigenvalue weighted by Gasteiger charge is -2.34. The van der Waals surface area contributed by atoms with Crippen molar-refractivity contribution in [1.29, 1.82) is 0 Å². The van der Waals surface area contributed by atoms with Gasteiger partial charge in [0.05, 0.1) is 11.4 Å². The Morgan fingerprint density at radius 3 is 2.39 bits per heavy atom. The van der Waals surface area contributed by atoms with Gasteiger partial charge in [-0.05, 0) is 67.9 Å². The molecule has 2 heterocycles. The van der Waals surface area contributed by atoms with Crippen molar-refractivity contribution in [2.45, 2.75) is 59.4 Å². The van der Waals surface area contributed by atoms with Crippen molar-refractivity contribution in [2.24, 2.45) is 17.6 Å². The number of nitrogens with one attached hydrogen (secondary N) is 2. The Morgan fingerprint density at radius 2 is 1.79 bits per heavy atom. The molecule has 0 radical (unpaired) electrons. The average Bonchev–Trinajstić information content (AvgIpc) is 2.79. The summed E-state index contributed by atoms with van der Waals surface area (Å²) >= 11 is 0. The lowest BCUT2D eigenvalue weighted by molar-refractivity contribution is -0.121.